The van der Waals surface area contributed by atoms with Crippen molar-refractivity contribution in [3.8, 4) is 11.5 Å². The molecule has 0 saturated carbocycles. The summed E-state index contributed by atoms with van der Waals surface area (Å²) < 4.78 is 19.5. The van der Waals surface area contributed by atoms with Gasteiger partial charge in [0.1, 0.15) is 42.1 Å². The molecule has 0 amide bonds. The van der Waals surface area contributed by atoms with Crippen LogP contribution < -0.4 is 15.1 Å². The van der Waals surface area contributed by atoms with Gasteiger partial charge in [-0.15, -0.1) is 5.10 Å². The highest BCUT2D eigenvalue weighted by atomic mass is 79.9. The summed E-state index contributed by atoms with van der Waals surface area (Å²) in [6, 6.07) is 13.0. The average Bonchev–Trinajstić information content (AvgIpc) is 3.33. The van der Waals surface area contributed by atoms with Crippen LogP contribution in [0.5, 0.6) is 11.5 Å². The van der Waals surface area contributed by atoms with Crippen LogP contribution in [0.1, 0.15) is 49.4 Å². The van der Waals surface area contributed by atoms with Crippen LogP contribution in [0.2, 0.25) is 0 Å². The Balaban J connectivity index is 1.31. The predicted molar refractivity (Wildman–Crippen MR) is 145 cm³/mol. The Bertz CT molecular complexity index is 1380. The maximum atomic E-state index is 12.6. The van der Waals surface area contributed by atoms with Crippen molar-refractivity contribution in [1.82, 2.24) is 15.0 Å². The van der Waals surface area contributed by atoms with Crippen LogP contribution in [-0.4, -0.2) is 32.8 Å². The SMILES string of the molecule is CCCCCCc1c(C)c2ccc(OCC(O)Cn3cc(COc4ccccc4Br)nn3)cc2oc1=O. The fourth-order valence-electron chi connectivity index (χ4n) is 4.15. The monoisotopic (exact) mass is 569 g/mol. The maximum Gasteiger partial charge on any atom is 0.339 e. The minimum atomic E-state index is -0.811. The van der Waals surface area contributed by atoms with Crippen LogP contribution in [0.25, 0.3) is 11.0 Å². The summed E-state index contributed by atoms with van der Waals surface area (Å²) in [5.41, 5.74) is 2.55. The number of nitrogens with zero attached hydrogens (tertiary/aromatic N) is 3. The van der Waals surface area contributed by atoms with Gasteiger partial charge in [-0.25, -0.2) is 9.48 Å². The van der Waals surface area contributed by atoms with Crippen LogP contribution in [0, 0.1) is 6.92 Å². The molecule has 1 unspecified atom stereocenters. The number of fused-ring (bicyclic) bond motifs is 1. The number of aliphatic hydroxyl groups is 1. The number of aromatic nitrogens is 3. The summed E-state index contributed by atoms with van der Waals surface area (Å²) in [5.74, 6) is 1.24. The Kier molecular flexibility index (Phi) is 9.35. The lowest BCUT2D eigenvalue weighted by Crippen LogP contribution is -2.24. The Morgan fingerprint density at radius 1 is 1.14 bits per heavy atom. The van der Waals surface area contributed by atoms with Gasteiger partial charge in [-0.3, -0.25) is 0 Å². The van der Waals surface area contributed by atoms with E-state index in [1.807, 2.05) is 43.3 Å². The Hall–Kier alpha value is -3.17. The summed E-state index contributed by atoms with van der Waals surface area (Å²) in [5, 5.41) is 19.5. The first kappa shape index (κ1) is 26.9. The van der Waals surface area contributed by atoms with E-state index in [0.29, 0.717) is 17.0 Å². The number of benzene rings is 2. The second kappa shape index (κ2) is 12.9. The zero-order chi connectivity index (χ0) is 26.2. The summed E-state index contributed by atoms with van der Waals surface area (Å²) in [4.78, 5) is 12.6. The highest BCUT2D eigenvalue weighted by molar-refractivity contribution is 9.10. The van der Waals surface area contributed by atoms with E-state index in [1.165, 1.54) is 6.42 Å². The highest BCUT2D eigenvalue weighted by Crippen LogP contribution is 2.26. The molecule has 196 valence electrons. The minimum absolute atomic E-state index is 0.0485. The molecule has 2 aromatic heterocycles. The molecule has 37 heavy (non-hydrogen) atoms. The average molecular weight is 570 g/mol. The molecule has 1 atom stereocenters. The predicted octanol–water partition coefficient (Wildman–Crippen LogP) is 5.60. The van der Waals surface area contributed by atoms with E-state index < -0.39 is 6.10 Å². The van der Waals surface area contributed by atoms with Crippen molar-refractivity contribution < 1.29 is 19.0 Å². The number of aryl methyl sites for hydroxylation is 1. The zero-order valence-electron chi connectivity index (χ0n) is 21.2. The molecule has 1 N–H and O–H groups in total. The quantitative estimate of drug-likeness (QED) is 0.165. The van der Waals surface area contributed by atoms with Gasteiger partial charge in [-0.2, -0.15) is 0 Å². The molecule has 0 fully saturated rings. The number of hydrogen-bond acceptors (Lipinski definition) is 7. The zero-order valence-corrected chi connectivity index (χ0v) is 22.7. The van der Waals surface area contributed by atoms with E-state index in [1.54, 1.807) is 16.9 Å². The van der Waals surface area contributed by atoms with Crippen molar-refractivity contribution in [2.45, 2.75) is 65.2 Å². The number of rotatable bonds is 13. The molecular formula is C28H32BrN3O5. The van der Waals surface area contributed by atoms with E-state index in [9.17, 15) is 9.90 Å². The molecule has 4 rings (SSSR count). The van der Waals surface area contributed by atoms with Gasteiger partial charge in [0.25, 0.3) is 0 Å². The number of halogens is 1. The molecule has 4 aromatic rings. The van der Waals surface area contributed by atoms with Crippen LogP contribution in [-0.2, 0) is 19.6 Å². The molecule has 0 aliphatic rings. The molecule has 0 saturated heterocycles. The highest BCUT2D eigenvalue weighted by Gasteiger charge is 2.14. The number of unbranched alkanes of at least 4 members (excludes halogenated alkanes) is 3. The lowest BCUT2D eigenvalue weighted by molar-refractivity contribution is 0.0888. The fourth-order valence-corrected chi connectivity index (χ4v) is 4.55. The summed E-state index contributed by atoms with van der Waals surface area (Å²) in [6.45, 7) is 4.66. The first-order chi connectivity index (χ1) is 17.9. The smallest absolute Gasteiger partial charge is 0.339 e. The number of hydrogen-bond donors (Lipinski definition) is 1. The molecule has 0 bridgehead atoms. The first-order valence-electron chi connectivity index (χ1n) is 12.6. The summed E-state index contributed by atoms with van der Waals surface area (Å²) >= 11 is 3.45. The van der Waals surface area contributed by atoms with Crippen molar-refractivity contribution in [3.63, 3.8) is 0 Å². The van der Waals surface area contributed by atoms with E-state index in [0.717, 1.165) is 52.4 Å². The van der Waals surface area contributed by atoms with Gasteiger partial charge in [-0.05, 0) is 65.5 Å². The van der Waals surface area contributed by atoms with E-state index in [2.05, 4.69) is 33.2 Å². The molecular weight excluding hydrogens is 538 g/mol. The van der Waals surface area contributed by atoms with Gasteiger partial charge in [0, 0.05) is 17.0 Å². The topological polar surface area (TPSA) is 99.6 Å². The van der Waals surface area contributed by atoms with Gasteiger partial charge in [0.15, 0.2) is 0 Å². The lowest BCUT2D eigenvalue weighted by atomic mass is 10.0. The van der Waals surface area contributed by atoms with Crippen LogP contribution in [0.3, 0.4) is 0 Å². The van der Waals surface area contributed by atoms with Gasteiger partial charge in [0.2, 0.25) is 0 Å². The van der Waals surface area contributed by atoms with Gasteiger partial charge in [-0.1, -0.05) is 43.5 Å². The second-order valence-corrected chi connectivity index (χ2v) is 9.93. The number of aliphatic hydroxyl groups excluding tert-OH is 1. The van der Waals surface area contributed by atoms with Gasteiger partial charge < -0.3 is 19.0 Å². The molecule has 0 spiro atoms. The normalized spacial score (nSPS) is 12.1. The fraction of sp³-hybridized carbons (Fsp3) is 0.393. The standard InChI is InChI=1S/C28H32BrN3O5/c1-3-4-5-6-9-24-19(2)23-13-12-22(14-27(23)37-28(24)34)35-18-21(33)16-32-15-20(30-31-32)17-36-26-11-8-7-10-25(26)29/h7-8,10-15,21,33H,3-6,9,16-18H2,1-2H3. The van der Waals surface area contributed by atoms with Crippen molar-refractivity contribution in [2.24, 2.45) is 0 Å². The molecule has 0 aliphatic heterocycles. The van der Waals surface area contributed by atoms with Crippen molar-refractivity contribution in [1.29, 1.82) is 0 Å². The molecule has 2 heterocycles. The summed E-state index contributed by atoms with van der Waals surface area (Å²) in [7, 11) is 0. The Labute approximate surface area is 224 Å². The van der Waals surface area contributed by atoms with Crippen LogP contribution in [0.15, 0.2) is 62.3 Å². The minimum Gasteiger partial charge on any atom is -0.491 e. The second-order valence-electron chi connectivity index (χ2n) is 9.08. The molecule has 0 radical (unpaired) electrons. The first-order valence-corrected chi connectivity index (χ1v) is 13.4. The third-order valence-corrected chi connectivity index (χ3v) is 6.83. The molecule has 9 heteroatoms. The van der Waals surface area contributed by atoms with Crippen molar-refractivity contribution in [2.75, 3.05) is 6.61 Å². The van der Waals surface area contributed by atoms with Gasteiger partial charge >= 0.3 is 5.63 Å². The van der Waals surface area contributed by atoms with Crippen molar-refractivity contribution >= 4 is 26.9 Å². The number of ether oxygens (including phenoxy) is 2. The lowest BCUT2D eigenvalue weighted by Gasteiger charge is -2.13. The molecule has 0 aliphatic carbocycles. The van der Waals surface area contributed by atoms with E-state index in [4.69, 9.17) is 13.9 Å². The molecule has 2 aromatic carbocycles. The third-order valence-electron chi connectivity index (χ3n) is 6.18. The van der Waals surface area contributed by atoms with E-state index in [-0.39, 0.29) is 25.4 Å². The van der Waals surface area contributed by atoms with E-state index >= 15 is 0 Å². The van der Waals surface area contributed by atoms with Gasteiger partial charge in [0.05, 0.1) is 17.2 Å². The van der Waals surface area contributed by atoms with Crippen molar-refractivity contribution in [3.05, 3.63) is 80.4 Å². The third kappa shape index (κ3) is 7.20. The molecule has 8 nitrogen and oxygen atoms in total. The Morgan fingerprint density at radius 3 is 2.78 bits per heavy atom. The maximum absolute atomic E-state index is 12.6. The largest absolute Gasteiger partial charge is 0.491 e. The van der Waals surface area contributed by atoms with Crippen LogP contribution >= 0.6 is 15.9 Å². The Morgan fingerprint density at radius 2 is 1.97 bits per heavy atom. The summed E-state index contributed by atoms with van der Waals surface area (Å²) in [6.07, 6.45) is 6.07. The number of para-hydroxylation sites is 1. The van der Waals surface area contributed by atoms with Crippen LogP contribution in [0.4, 0.5) is 0 Å².